The summed E-state index contributed by atoms with van der Waals surface area (Å²) in [4.78, 5) is 6.61. The van der Waals surface area contributed by atoms with Crippen LogP contribution in [-0.2, 0) is 12.6 Å². The summed E-state index contributed by atoms with van der Waals surface area (Å²) in [5.74, 6) is 6.31. The van der Waals surface area contributed by atoms with Gasteiger partial charge in [-0.05, 0) is 43.1 Å². The van der Waals surface area contributed by atoms with Crippen LogP contribution in [-0.4, -0.2) is 50.0 Å². The molecule has 1 saturated heterocycles. The molecule has 1 fully saturated rings. The van der Waals surface area contributed by atoms with E-state index < -0.39 is 11.7 Å². The molecule has 0 radical (unpaired) electrons. The van der Waals surface area contributed by atoms with E-state index in [2.05, 4.69) is 66.8 Å². The zero-order valence-corrected chi connectivity index (χ0v) is 20.9. The van der Waals surface area contributed by atoms with Gasteiger partial charge in [0.25, 0.3) is 0 Å². The van der Waals surface area contributed by atoms with Gasteiger partial charge < -0.3 is 15.1 Å². The number of aliphatic hydroxyl groups is 2. The van der Waals surface area contributed by atoms with E-state index in [4.69, 9.17) is 0 Å². The fraction of sp³-hybridized carbons (Fsp3) is 0.429. The summed E-state index contributed by atoms with van der Waals surface area (Å²) in [7, 11) is 3.89. The van der Waals surface area contributed by atoms with Gasteiger partial charge in [-0.3, -0.25) is 9.67 Å². The van der Waals surface area contributed by atoms with Crippen LogP contribution in [0.15, 0.2) is 48.8 Å². The molecule has 178 valence electrons. The standard InChI is InChI=1S/C28H34N4O2/c1-19(2)22-8-10-23(11-9-22)28(34,27(4)17-31(5)18-27)24-14-21(15-29-16-24)7-12-26(33)25-13-20(3)32(6)30-25/h8-11,13-16,19,26,33-34H,17-18H2,1-6H3. The van der Waals surface area contributed by atoms with Crippen LogP contribution in [0.1, 0.15) is 66.4 Å². The molecule has 2 atom stereocenters. The Morgan fingerprint density at radius 1 is 1.06 bits per heavy atom. The molecular formula is C28H34N4O2. The summed E-state index contributed by atoms with van der Waals surface area (Å²) in [5.41, 5.74) is 3.29. The van der Waals surface area contributed by atoms with Crippen molar-refractivity contribution in [2.75, 3.05) is 20.1 Å². The summed E-state index contributed by atoms with van der Waals surface area (Å²) < 4.78 is 1.71. The molecule has 6 nitrogen and oxygen atoms in total. The maximum absolute atomic E-state index is 12.3. The van der Waals surface area contributed by atoms with Gasteiger partial charge >= 0.3 is 0 Å². The fourth-order valence-electron chi connectivity index (χ4n) is 5.00. The van der Waals surface area contributed by atoms with Crippen molar-refractivity contribution < 1.29 is 10.2 Å². The van der Waals surface area contributed by atoms with Crippen molar-refractivity contribution in [3.8, 4) is 11.8 Å². The number of aliphatic hydroxyl groups excluding tert-OH is 1. The van der Waals surface area contributed by atoms with Crippen molar-refractivity contribution in [3.05, 3.63) is 82.4 Å². The highest BCUT2D eigenvalue weighted by atomic mass is 16.3. The first-order valence-electron chi connectivity index (χ1n) is 11.7. The molecule has 1 aliphatic heterocycles. The van der Waals surface area contributed by atoms with Crippen molar-refractivity contribution in [1.29, 1.82) is 0 Å². The third kappa shape index (κ3) is 4.27. The average molecular weight is 459 g/mol. The maximum Gasteiger partial charge on any atom is 0.159 e. The number of pyridine rings is 1. The second-order valence-electron chi connectivity index (χ2n) is 10.2. The van der Waals surface area contributed by atoms with E-state index in [0.29, 0.717) is 22.7 Å². The van der Waals surface area contributed by atoms with Gasteiger partial charge in [0.1, 0.15) is 11.3 Å². The minimum Gasteiger partial charge on any atom is -0.380 e. The second kappa shape index (κ2) is 8.99. The summed E-state index contributed by atoms with van der Waals surface area (Å²) in [6, 6.07) is 12.0. The topological polar surface area (TPSA) is 74.4 Å². The first-order chi connectivity index (χ1) is 16.0. The van der Waals surface area contributed by atoms with E-state index in [-0.39, 0.29) is 5.41 Å². The molecule has 3 aromatic rings. The lowest BCUT2D eigenvalue weighted by Crippen LogP contribution is -2.63. The Morgan fingerprint density at radius 3 is 2.29 bits per heavy atom. The zero-order valence-electron chi connectivity index (χ0n) is 20.9. The van der Waals surface area contributed by atoms with Gasteiger partial charge in [-0.15, -0.1) is 0 Å². The van der Waals surface area contributed by atoms with Crippen LogP contribution in [0.3, 0.4) is 0 Å². The maximum atomic E-state index is 12.3. The Hall–Kier alpha value is -2.98. The minimum atomic E-state index is -1.23. The van der Waals surface area contributed by atoms with E-state index >= 15 is 0 Å². The van der Waals surface area contributed by atoms with E-state index in [1.165, 1.54) is 5.56 Å². The van der Waals surface area contributed by atoms with E-state index in [1.807, 2.05) is 38.2 Å². The van der Waals surface area contributed by atoms with Crippen LogP contribution in [0.2, 0.25) is 0 Å². The number of hydrogen-bond acceptors (Lipinski definition) is 5. The molecule has 0 saturated carbocycles. The van der Waals surface area contributed by atoms with Crippen LogP contribution in [0.5, 0.6) is 0 Å². The van der Waals surface area contributed by atoms with Crippen molar-refractivity contribution in [1.82, 2.24) is 19.7 Å². The Morgan fingerprint density at radius 2 is 1.74 bits per heavy atom. The third-order valence-corrected chi connectivity index (χ3v) is 7.03. The Bertz CT molecular complexity index is 1210. The lowest BCUT2D eigenvalue weighted by Gasteiger charge is -2.55. The molecule has 2 unspecified atom stereocenters. The molecule has 2 N–H and O–H groups in total. The van der Waals surface area contributed by atoms with E-state index in [0.717, 1.165) is 24.3 Å². The SMILES string of the molecule is Cc1cc(C(O)C#Cc2cncc(C(O)(c3ccc(C(C)C)cc3)C3(C)CN(C)C3)c2)nn1C. The molecule has 0 bridgehead atoms. The molecule has 0 aliphatic carbocycles. The lowest BCUT2D eigenvalue weighted by molar-refractivity contribution is -0.127. The van der Waals surface area contributed by atoms with Gasteiger partial charge in [-0.1, -0.05) is 56.9 Å². The predicted octanol–water partition coefficient (Wildman–Crippen LogP) is 3.52. The molecule has 2 aromatic heterocycles. The number of hydrogen-bond donors (Lipinski definition) is 2. The number of rotatable bonds is 5. The number of likely N-dealkylation sites (tertiary alicyclic amines) is 1. The quantitative estimate of drug-likeness (QED) is 0.573. The van der Waals surface area contributed by atoms with Gasteiger partial charge in [-0.2, -0.15) is 5.10 Å². The van der Waals surface area contributed by atoms with E-state index in [1.54, 1.807) is 17.1 Å². The normalized spacial score (nSPS) is 18.0. The Labute approximate surface area is 202 Å². The first-order valence-corrected chi connectivity index (χ1v) is 11.7. The van der Waals surface area contributed by atoms with Crippen LogP contribution >= 0.6 is 0 Å². The Kier molecular flexibility index (Phi) is 6.39. The largest absolute Gasteiger partial charge is 0.380 e. The smallest absolute Gasteiger partial charge is 0.159 e. The van der Waals surface area contributed by atoms with Crippen molar-refractivity contribution in [3.63, 3.8) is 0 Å². The summed E-state index contributed by atoms with van der Waals surface area (Å²) >= 11 is 0. The van der Waals surface area contributed by atoms with Gasteiger partial charge in [0.2, 0.25) is 0 Å². The summed E-state index contributed by atoms with van der Waals surface area (Å²) in [6.45, 7) is 9.91. The fourth-order valence-corrected chi connectivity index (χ4v) is 5.00. The number of aromatic nitrogens is 3. The van der Waals surface area contributed by atoms with Gasteiger partial charge in [0.15, 0.2) is 6.10 Å². The molecule has 0 spiro atoms. The van der Waals surface area contributed by atoms with Crippen molar-refractivity contribution in [2.45, 2.75) is 45.3 Å². The van der Waals surface area contributed by atoms with Crippen LogP contribution < -0.4 is 0 Å². The molecule has 3 heterocycles. The highest BCUT2D eigenvalue weighted by Gasteiger charge is 2.55. The molecular weight excluding hydrogens is 424 g/mol. The molecule has 34 heavy (non-hydrogen) atoms. The predicted molar refractivity (Wildman–Crippen MR) is 133 cm³/mol. The Balaban J connectivity index is 1.72. The van der Waals surface area contributed by atoms with Crippen LogP contribution in [0.25, 0.3) is 0 Å². The van der Waals surface area contributed by atoms with Gasteiger partial charge in [0.05, 0.1) is 0 Å². The number of aryl methyl sites for hydroxylation is 2. The monoisotopic (exact) mass is 458 g/mol. The lowest BCUT2D eigenvalue weighted by atomic mass is 9.62. The molecule has 1 aromatic carbocycles. The molecule has 1 aliphatic rings. The molecule has 6 heteroatoms. The highest BCUT2D eigenvalue weighted by molar-refractivity contribution is 5.45. The van der Waals surface area contributed by atoms with Crippen molar-refractivity contribution >= 4 is 0 Å². The van der Waals surface area contributed by atoms with Gasteiger partial charge in [-0.25, -0.2) is 0 Å². The summed E-state index contributed by atoms with van der Waals surface area (Å²) in [5, 5.41) is 27.1. The average Bonchev–Trinajstić information content (AvgIpc) is 3.14. The molecule has 4 rings (SSSR count). The van der Waals surface area contributed by atoms with Crippen LogP contribution in [0, 0.1) is 24.2 Å². The zero-order chi connectivity index (χ0) is 24.7. The number of nitrogens with zero attached hydrogens (tertiary/aromatic N) is 4. The highest BCUT2D eigenvalue weighted by Crippen LogP contribution is 2.50. The van der Waals surface area contributed by atoms with Crippen molar-refractivity contribution in [2.24, 2.45) is 12.5 Å². The van der Waals surface area contributed by atoms with Crippen LogP contribution in [0.4, 0.5) is 0 Å². The number of benzene rings is 1. The third-order valence-electron chi connectivity index (χ3n) is 7.03. The van der Waals surface area contributed by atoms with Gasteiger partial charge in [0, 0.05) is 54.8 Å². The second-order valence-corrected chi connectivity index (χ2v) is 10.2. The molecule has 0 amide bonds. The van der Waals surface area contributed by atoms with E-state index in [9.17, 15) is 10.2 Å². The summed E-state index contributed by atoms with van der Waals surface area (Å²) in [6.07, 6.45) is 2.39. The first kappa shape index (κ1) is 24.2. The minimum absolute atomic E-state index is 0.375.